The smallest absolute Gasteiger partial charge is 0.303 e. The number of carbonyl (C=O) groups is 2. The molecule has 0 spiro atoms. The summed E-state index contributed by atoms with van der Waals surface area (Å²) in [7, 11) is 0. The lowest BCUT2D eigenvalue weighted by Crippen LogP contribution is -1.99. The Morgan fingerprint density at radius 3 is 1.67 bits per heavy atom. The molecule has 0 aliphatic rings. The van der Waals surface area contributed by atoms with Crippen molar-refractivity contribution in [3.8, 4) is 0 Å². The van der Waals surface area contributed by atoms with E-state index in [0.29, 0.717) is 0 Å². The fourth-order valence-corrected chi connectivity index (χ4v) is 0.319. The van der Waals surface area contributed by atoms with Gasteiger partial charge in [-0.25, -0.2) is 0 Å². The van der Waals surface area contributed by atoms with E-state index in [4.69, 9.17) is 10.2 Å². The SMILES string of the molecule is O=C(O)C[CH]CC(=O)O. The van der Waals surface area contributed by atoms with Gasteiger partial charge in [-0.2, -0.15) is 0 Å². The van der Waals surface area contributed by atoms with E-state index in [1.807, 2.05) is 0 Å². The summed E-state index contributed by atoms with van der Waals surface area (Å²) in [6, 6.07) is 0. The molecule has 0 amide bonds. The normalized spacial score (nSPS) is 8.89. The molecule has 0 atom stereocenters. The molecule has 0 fully saturated rings. The number of carboxylic acids is 2. The van der Waals surface area contributed by atoms with Crippen molar-refractivity contribution >= 4 is 11.9 Å². The average molecular weight is 131 g/mol. The summed E-state index contributed by atoms with van der Waals surface area (Å²) in [6.45, 7) is 0. The van der Waals surface area contributed by atoms with Crippen LogP contribution in [0.2, 0.25) is 0 Å². The van der Waals surface area contributed by atoms with Crippen LogP contribution in [0.1, 0.15) is 12.8 Å². The second-order valence-electron chi connectivity index (χ2n) is 1.48. The molecule has 2 N–H and O–H groups in total. The maximum atomic E-state index is 9.76. The van der Waals surface area contributed by atoms with Crippen LogP contribution >= 0.6 is 0 Å². The van der Waals surface area contributed by atoms with Crippen molar-refractivity contribution in [2.45, 2.75) is 12.8 Å². The van der Waals surface area contributed by atoms with Crippen LogP contribution in [0.15, 0.2) is 0 Å². The highest BCUT2D eigenvalue weighted by Gasteiger charge is 1.99. The lowest BCUT2D eigenvalue weighted by molar-refractivity contribution is -0.137. The van der Waals surface area contributed by atoms with Crippen molar-refractivity contribution < 1.29 is 19.8 Å². The van der Waals surface area contributed by atoms with Crippen molar-refractivity contribution in [1.82, 2.24) is 0 Å². The molecular formula is C5H7O4. The van der Waals surface area contributed by atoms with Crippen molar-refractivity contribution in [3.63, 3.8) is 0 Å². The molecule has 0 aromatic rings. The third-order valence-electron chi connectivity index (χ3n) is 0.638. The van der Waals surface area contributed by atoms with Crippen molar-refractivity contribution in [2.24, 2.45) is 0 Å². The molecule has 9 heavy (non-hydrogen) atoms. The number of hydrogen-bond donors (Lipinski definition) is 2. The summed E-state index contributed by atoms with van der Waals surface area (Å²) in [5.41, 5.74) is 0. The summed E-state index contributed by atoms with van der Waals surface area (Å²) < 4.78 is 0. The van der Waals surface area contributed by atoms with Crippen LogP contribution in [0, 0.1) is 6.42 Å². The van der Waals surface area contributed by atoms with Crippen molar-refractivity contribution in [2.75, 3.05) is 0 Å². The molecule has 0 aliphatic carbocycles. The topological polar surface area (TPSA) is 74.6 Å². The van der Waals surface area contributed by atoms with E-state index in [1.165, 1.54) is 6.42 Å². The quantitative estimate of drug-likeness (QED) is 0.569. The second kappa shape index (κ2) is 3.88. The van der Waals surface area contributed by atoms with Gasteiger partial charge in [-0.15, -0.1) is 0 Å². The highest BCUT2D eigenvalue weighted by molar-refractivity contribution is 5.72. The minimum absolute atomic E-state index is 0.188. The first-order chi connectivity index (χ1) is 4.13. The fraction of sp³-hybridized carbons (Fsp3) is 0.400. The van der Waals surface area contributed by atoms with Gasteiger partial charge in [0.15, 0.2) is 0 Å². The molecule has 4 nitrogen and oxygen atoms in total. The van der Waals surface area contributed by atoms with Crippen LogP contribution < -0.4 is 0 Å². The van der Waals surface area contributed by atoms with E-state index >= 15 is 0 Å². The minimum Gasteiger partial charge on any atom is -0.481 e. The van der Waals surface area contributed by atoms with E-state index in [-0.39, 0.29) is 12.8 Å². The van der Waals surface area contributed by atoms with Gasteiger partial charge in [-0.1, -0.05) is 0 Å². The van der Waals surface area contributed by atoms with Gasteiger partial charge in [0, 0.05) is 12.8 Å². The lowest BCUT2D eigenvalue weighted by atomic mass is 10.2. The molecule has 0 unspecified atom stereocenters. The Bertz CT molecular complexity index is 104. The molecule has 0 aliphatic heterocycles. The van der Waals surface area contributed by atoms with Crippen LogP contribution in [0.5, 0.6) is 0 Å². The number of hydrogen-bond acceptors (Lipinski definition) is 2. The van der Waals surface area contributed by atoms with Crippen LogP contribution in [-0.2, 0) is 9.59 Å². The molecule has 0 bridgehead atoms. The number of rotatable bonds is 4. The Balaban J connectivity index is 3.10. The van der Waals surface area contributed by atoms with Crippen molar-refractivity contribution in [1.29, 1.82) is 0 Å². The van der Waals surface area contributed by atoms with Gasteiger partial charge in [-0.3, -0.25) is 9.59 Å². The van der Waals surface area contributed by atoms with Crippen LogP contribution in [0.3, 0.4) is 0 Å². The first-order valence-electron chi connectivity index (χ1n) is 2.38. The molecule has 0 saturated carbocycles. The van der Waals surface area contributed by atoms with Gasteiger partial charge in [0.2, 0.25) is 0 Å². The Hall–Kier alpha value is -1.06. The van der Waals surface area contributed by atoms with E-state index in [1.54, 1.807) is 0 Å². The van der Waals surface area contributed by atoms with Crippen LogP contribution in [-0.4, -0.2) is 22.2 Å². The predicted molar refractivity (Wildman–Crippen MR) is 28.8 cm³/mol. The molecule has 4 heteroatoms. The zero-order valence-corrected chi connectivity index (χ0v) is 4.70. The molecule has 0 heterocycles. The monoisotopic (exact) mass is 131 g/mol. The first kappa shape index (κ1) is 7.94. The Morgan fingerprint density at radius 1 is 1.11 bits per heavy atom. The third kappa shape index (κ3) is 6.94. The predicted octanol–water partition coefficient (Wildman–Crippen LogP) is 0.140. The van der Waals surface area contributed by atoms with E-state index in [0.717, 1.165) is 0 Å². The van der Waals surface area contributed by atoms with Gasteiger partial charge in [0.1, 0.15) is 0 Å². The molecule has 0 saturated heterocycles. The summed E-state index contributed by atoms with van der Waals surface area (Å²) in [5.74, 6) is -2.01. The first-order valence-corrected chi connectivity index (χ1v) is 2.38. The van der Waals surface area contributed by atoms with Crippen LogP contribution in [0.4, 0.5) is 0 Å². The highest BCUT2D eigenvalue weighted by Crippen LogP contribution is 1.91. The Kier molecular flexibility index (Phi) is 3.43. The summed E-state index contributed by atoms with van der Waals surface area (Å²) in [5, 5.41) is 16.0. The maximum absolute atomic E-state index is 9.76. The largest absolute Gasteiger partial charge is 0.481 e. The third-order valence-corrected chi connectivity index (χ3v) is 0.638. The lowest BCUT2D eigenvalue weighted by Gasteiger charge is -1.88. The fourth-order valence-electron chi connectivity index (χ4n) is 0.319. The minimum atomic E-state index is -1.00. The maximum Gasteiger partial charge on any atom is 0.303 e. The molecule has 1 radical (unpaired) electrons. The van der Waals surface area contributed by atoms with Crippen LogP contribution in [0.25, 0.3) is 0 Å². The zero-order chi connectivity index (χ0) is 7.28. The van der Waals surface area contributed by atoms with Gasteiger partial charge in [0.25, 0.3) is 0 Å². The highest BCUT2D eigenvalue weighted by atomic mass is 16.4. The molecule has 0 aromatic carbocycles. The second-order valence-corrected chi connectivity index (χ2v) is 1.48. The molecule has 0 rings (SSSR count). The standard InChI is InChI=1S/C5H7O4/c6-4(7)2-1-3-5(8)9/h1H,2-3H2,(H,6,7)(H,8,9). The van der Waals surface area contributed by atoms with E-state index in [9.17, 15) is 9.59 Å². The van der Waals surface area contributed by atoms with Gasteiger partial charge in [0.05, 0.1) is 0 Å². The Morgan fingerprint density at radius 2 is 1.44 bits per heavy atom. The summed E-state index contributed by atoms with van der Waals surface area (Å²) in [4.78, 5) is 19.5. The summed E-state index contributed by atoms with van der Waals surface area (Å²) in [6.07, 6.45) is 0.823. The van der Waals surface area contributed by atoms with Crippen molar-refractivity contribution in [3.05, 3.63) is 6.42 Å². The van der Waals surface area contributed by atoms with Gasteiger partial charge < -0.3 is 10.2 Å². The number of aliphatic carboxylic acids is 2. The number of carboxylic acid groups (broad SMARTS) is 2. The molecule has 51 valence electrons. The van der Waals surface area contributed by atoms with E-state index < -0.39 is 11.9 Å². The molecule has 0 aromatic heterocycles. The van der Waals surface area contributed by atoms with Gasteiger partial charge in [-0.05, 0) is 6.42 Å². The summed E-state index contributed by atoms with van der Waals surface area (Å²) >= 11 is 0. The average Bonchev–Trinajstić information content (AvgIpc) is 1.63. The molecular weight excluding hydrogens is 124 g/mol. The van der Waals surface area contributed by atoms with Gasteiger partial charge >= 0.3 is 11.9 Å². The Labute approximate surface area is 52.1 Å². The van der Waals surface area contributed by atoms with E-state index in [2.05, 4.69) is 0 Å². The zero-order valence-electron chi connectivity index (χ0n) is 4.70.